The summed E-state index contributed by atoms with van der Waals surface area (Å²) < 4.78 is 4.76. The van der Waals surface area contributed by atoms with E-state index in [9.17, 15) is 4.79 Å². The van der Waals surface area contributed by atoms with Gasteiger partial charge in [-0.3, -0.25) is 9.88 Å². The highest BCUT2D eigenvalue weighted by Crippen LogP contribution is 2.45. The lowest BCUT2D eigenvalue weighted by molar-refractivity contribution is 0.0593. The SMILES string of the molecule is COC(=O)c1cncc(N2C[C@@H]3CN(C)[C@@H](c4ccccc4C)[C@@H]3C2)n1.Cl. The highest BCUT2D eigenvalue weighted by Gasteiger charge is 2.46. The molecule has 2 saturated heterocycles. The van der Waals surface area contributed by atoms with Gasteiger partial charge in [-0.1, -0.05) is 24.3 Å². The zero-order valence-electron chi connectivity index (χ0n) is 15.8. The van der Waals surface area contributed by atoms with Gasteiger partial charge < -0.3 is 9.64 Å². The lowest BCUT2D eigenvalue weighted by Crippen LogP contribution is -2.30. The molecule has 0 aliphatic carbocycles. The number of carbonyl (C=O) groups is 1. The van der Waals surface area contributed by atoms with Crippen molar-refractivity contribution in [3.63, 3.8) is 0 Å². The number of methoxy groups -OCH3 is 1. The number of rotatable bonds is 3. The third-order valence-electron chi connectivity index (χ3n) is 5.74. The third-order valence-corrected chi connectivity index (χ3v) is 5.74. The Morgan fingerprint density at radius 2 is 1.96 bits per heavy atom. The lowest BCUT2D eigenvalue weighted by atomic mass is 9.88. The Labute approximate surface area is 166 Å². The Balaban J connectivity index is 0.00000210. The maximum atomic E-state index is 11.7. The zero-order valence-corrected chi connectivity index (χ0v) is 16.6. The number of aromatic nitrogens is 2. The lowest BCUT2D eigenvalue weighted by Gasteiger charge is -2.28. The number of likely N-dealkylation sites (tertiary alicyclic amines) is 1. The summed E-state index contributed by atoms with van der Waals surface area (Å²) in [5.41, 5.74) is 3.02. The second-order valence-corrected chi connectivity index (χ2v) is 7.32. The van der Waals surface area contributed by atoms with E-state index in [1.54, 1.807) is 6.20 Å². The summed E-state index contributed by atoms with van der Waals surface area (Å²) in [6.07, 6.45) is 3.19. The number of ether oxygens (including phenoxy) is 1. The van der Waals surface area contributed by atoms with Crippen LogP contribution in [0.1, 0.15) is 27.7 Å². The van der Waals surface area contributed by atoms with E-state index < -0.39 is 5.97 Å². The van der Waals surface area contributed by atoms with Crippen LogP contribution in [0.15, 0.2) is 36.7 Å². The first kappa shape index (κ1) is 19.6. The smallest absolute Gasteiger partial charge is 0.358 e. The molecule has 1 aromatic carbocycles. The largest absolute Gasteiger partial charge is 0.464 e. The van der Waals surface area contributed by atoms with Gasteiger partial charge in [0.2, 0.25) is 0 Å². The quantitative estimate of drug-likeness (QED) is 0.753. The standard InChI is InChI=1S/C20H24N4O2.ClH/c1-13-6-4-5-7-15(13)19-16-12-24(11-14(16)10-23(19)2)18-9-21-8-17(22-18)20(25)26-3;/h4-9,14,16,19H,10-12H2,1-3H3;1H/t14-,16+,19-;/m0./s1. The van der Waals surface area contributed by atoms with Crippen LogP contribution in [-0.2, 0) is 4.74 Å². The Hall–Kier alpha value is -2.18. The molecule has 0 spiro atoms. The summed E-state index contributed by atoms with van der Waals surface area (Å²) in [5, 5.41) is 0. The molecule has 0 saturated carbocycles. The molecule has 1 aromatic heterocycles. The third kappa shape index (κ3) is 3.51. The van der Waals surface area contributed by atoms with Gasteiger partial charge in [0.25, 0.3) is 0 Å². The number of nitrogens with zero attached hydrogens (tertiary/aromatic N) is 4. The molecule has 2 aliphatic rings. The summed E-state index contributed by atoms with van der Waals surface area (Å²) in [7, 11) is 3.58. The molecule has 3 heterocycles. The first-order chi connectivity index (χ1) is 12.6. The van der Waals surface area contributed by atoms with E-state index in [4.69, 9.17) is 4.74 Å². The number of carbonyl (C=O) groups excluding carboxylic acids is 1. The van der Waals surface area contributed by atoms with Gasteiger partial charge in [0.15, 0.2) is 5.69 Å². The molecule has 6 nitrogen and oxygen atoms in total. The molecule has 0 amide bonds. The van der Waals surface area contributed by atoms with E-state index in [0.717, 1.165) is 25.5 Å². The zero-order chi connectivity index (χ0) is 18.3. The van der Waals surface area contributed by atoms with E-state index in [1.807, 2.05) is 0 Å². The fraction of sp³-hybridized carbons (Fsp3) is 0.450. The molecule has 27 heavy (non-hydrogen) atoms. The number of fused-ring (bicyclic) bond motifs is 1. The van der Waals surface area contributed by atoms with Crippen LogP contribution in [0.5, 0.6) is 0 Å². The highest BCUT2D eigenvalue weighted by atomic mass is 35.5. The Bertz CT molecular complexity index is 831. The first-order valence-corrected chi connectivity index (χ1v) is 8.99. The van der Waals surface area contributed by atoms with Gasteiger partial charge in [0.1, 0.15) is 5.82 Å². The number of esters is 1. The van der Waals surface area contributed by atoms with Crippen molar-refractivity contribution in [3.05, 3.63) is 53.5 Å². The average molecular weight is 389 g/mol. The van der Waals surface area contributed by atoms with Crippen molar-refractivity contribution in [2.24, 2.45) is 11.8 Å². The number of hydrogen-bond donors (Lipinski definition) is 0. The fourth-order valence-electron chi connectivity index (χ4n) is 4.54. The summed E-state index contributed by atoms with van der Waals surface area (Å²) in [6, 6.07) is 9.08. The predicted octanol–water partition coefficient (Wildman–Crippen LogP) is 2.73. The summed E-state index contributed by atoms with van der Waals surface area (Å²) in [5.74, 6) is 1.45. The molecule has 0 radical (unpaired) electrons. The number of benzene rings is 1. The molecule has 2 fully saturated rings. The normalized spacial score (nSPS) is 24.4. The Morgan fingerprint density at radius 1 is 1.19 bits per heavy atom. The Kier molecular flexibility index (Phi) is 5.67. The Morgan fingerprint density at radius 3 is 2.70 bits per heavy atom. The second kappa shape index (κ2) is 7.82. The maximum Gasteiger partial charge on any atom is 0.358 e. The van der Waals surface area contributed by atoms with Crippen LogP contribution >= 0.6 is 12.4 Å². The van der Waals surface area contributed by atoms with Crippen molar-refractivity contribution in [2.75, 3.05) is 38.7 Å². The minimum atomic E-state index is -0.448. The van der Waals surface area contributed by atoms with E-state index in [0.29, 0.717) is 17.9 Å². The molecule has 0 bridgehead atoms. The van der Waals surface area contributed by atoms with Crippen molar-refractivity contribution in [2.45, 2.75) is 13.0 Å². The molecule has 4 rings (SSSR count). The summed E-state index contributed by atoms with van der Waals surface area (Å²) >= 11 is 0. The molecule has 2 aliphatic heterocycles. The van der Waals surface area contributed by atoms with Gasteiger partial charge in [-0.05, 0) is 31.0 Å². The summed E-state index contributed by atoms with van der Waals surface area (Å²) in [6.45, 7) is 5.13. The predicted molar refractivity (Wildman–Crippen MR) is 106 cm³/mol. The second-order valence-electron chi connectivity index (χ2n) is 7.32. The van der Waals surface area contributed by atoms with E-state index in [1.165, 1.54) is 24.4 Å². The van der Waals surface area contributed by atoms with Crippen LogP contribution < -0.4 is 4.90 Å². The van der Waals surface area contributed by atoms with Gasteiger partial charge in [-0.2, -0.15) is 0 Å². The van der Waals surface area contributed by atoms with Crippen molar-refractivity contribution in [1.29, 1.82) is 0 Å². The van der Waals surface area contributed by atoms with Gasteiger partial charge in [-0.25, -0.2) is 9.78 Å². The number of anilines is 1. The van der Waals surface area contributed by atoms with Crippen LogP contribution in [-0.4, -0.2) is 54.6 Å². The number of aryl methyl sites for hydroxylation is 1. The first-order valence-electron chi connectivity index (χ1n) is 8.99. The minimum Gasteiger partial charge on any atom is -0.464 e. The van der Waals surface area contributed by atoms with Crippen LogP contribution in [0.2, 0.25) is 0 Å². The van der Waals surface area contributed by atoms with Crippen LogP contribution in [0.3, 0.4) is 0 Å². The maximum absolute atomic E-state index is 11.7. The topological polar surface area (TPSA) is 58.6 Å². The molecule has 144 valence electrons. The number of hydrogen-bond acceptors (Lipinski definition) is 6. The van der Waals surface area contributed by atoms with Crippen LogP contribution in [0.25, 0.3) is 0 Å². The van der Waals surface area contributed by atoms with Crippen LogP contribution in [0.4, 0.5) is 5.82 Å². The monoisotopic (exact) mass is 388 g/mol. The molecule has 3 atom stereocenters. The molecular formula is C20H25ClN4O2. The van der Waals surface area contributed by atoms with E-state index in [2.05, 4.69) is 58.0 Å². The van der Waals surface area contributed by atoms with Gasteiger partial charge in [0.05, 0.1) is 19.5 Å². The fourth-order valence-corrected chi connectivity index (χ4v) is 4.54. The summed E-state index contributed by atoms with van der Waals surface area (Å²) in [4.78, 5) is 25.1. The van der Waals surface area contributed by atoms with Crippen molar-refractivity contribution < 1.29 is 9.53 Å². The van der Waals surface area contributed by atoms with E-state index in [-0.39, 0.29) is 18.1 Å². The average Bonchev–Trinajstić information content (AvgIpc) is 3.19. The van der Waals surface area contributed by atoms with Crippen molar-refractivity contribution in [1.82, 2.24) is 14.9 Å². The number of halogens is 1. The van der Waals surface area contributed by atoms with Gasteiger partial charge in [0, 0.05) is 31.6 Å². The highest BCUT2D eigenvalue weighted by molar-refractivity contribution is 5.87. The van der Waals surface area contributed by atoms with Gasteiger partial charge >= 0.3 is 5.97 Å². The molecule has 2 aromatic rings. The van der Waals surface area contributed by atoms with Gasteiger partial charge in [-0.15, -0.1) is 12.4 Å². The van der Waals surface area contributed by atoms with Crippen molar-refractivity contribution in [3.8, 4) is 0 Å². The van der Waals surface area contributed by atoms with Crippen molar-refractivity contribution >= 4 is 24.2 Å². The minimum absolute atomic E-state index is 0. The van der Waals surface area contributed by atoms with Crippen LogP contribution in [0, 0.1) is 18.8 Å². The molecule has 0 N–H and O–H groups in total. The van der Waals surface area contributed by atoms with E-state index >= 15 is 0 Å². The molecule has 7 heteroatoms. The molecular weight excluding hydrogens is 364 g/mol. The molecule has 0 unspecified atom stereocenters.